The molecule has 0 saturated heterocycles. The average molecular weight is 230 g/mol. The van der Waals surface area contributed by atoms with E-state index in [9.17, 15) is 0 Å². The normalized spacial score (nSPS) is 11.9. The van der Waals surface area contributed by atoms with E-state index in [1.807, 2.05) is 7.05 Å². The minimum Gasteiger partial charge on any atom is -0.378 e. The zero-order chi connectivity index (χ0) is 12.7. The Balaban J connectivity index is 2.65. The maximum Gasteiger partial charge on any atom is 0.0361 e. The average Bonchev–Trinajstić information content (AvgIpc) is 2.35. The van der Waals surface area contributed by atoms with E-state index in [-0.39, 0.29) is 0 Å². The van der Waals surface area contributed by atoms with Crippen molar-refractivity contribution in [2.24, 2.45) is 0 Å². The lowest BCUT2D eigenvalue weighted by Gasteiger charge is -2.18. The van der Waals surface area contributed by atoms with Gasteiger partial charge in [-0.2, -0.15) is 0 Å². The van der Waals surface area contributed by atoms with Gasteiger partial charge in [0.2, 0.25) is 0 Å². The second kappa shape index (κ2) is 6.98. The molecule has 0 amide bonds. The van der Waals surface area contributed by atoms with Gasteiger partial charge in [0.1, 0.15) is 0 Å². The predicted octanol–water partition coefficient (Wildman–Crippen LogP) is 2.82. The first-order chi connectivity index (χ1) is 8.19. The van der Waals surface area contributed by atoms with Gasteiger partial charge in [0.25, 0.3) is 0 Å². The minimum absolute atomic E-state index is 0.402. The first-order valence-electron chi connectivity index (χ1n) is 6.07. The zero-order valence-electron chi connectivity index (χ0n) is 11.0. The van der Waals surface area contributed by atoms with Crippen molar-refractivity contribution in [3.8, 4) is 12.3 Å². The summed E-state index contributed by atoms with van der Waals surface area (Å²) in [5, 5.41) is 3.34. The Morgan fingerprint density at radius 3 is 2.41 bits per heavy atom. The molecule has 0 aliphatic heterocycles. The van der Waals surface area contributed by atoms with Crippen LogP contribution in [0.5, 0.6) is 0 Å². The van der Waals surface area contributed by atoms with Crippen molar-refractivity contribution in [3.05, 3.63) is 29.8 Å². The van der Waals surface area contributed by atoms with Gasteiger partial charge in [-0.15, -0.1) is 12.3 Å². The second-order valence-corrected chi connectivity index (χ2v) is 4.42. The number of hydrogen-bond acceptors (Lipinski definition) is 2. The maximum atomic E-state index is 5.27. The predicted molar refractivity (Wildman–Crippen MR) is 75.3 cm³/mol. The molecular formula is C15H22N2. The van der Waals surface area contributed by atoms with Gasteiger partial charge in [-0.3, -0.25) is 0 Å². The van der Waals surface area contributed by atoms with Crippen LogP contribution in [-0.4, -0.2) is 21.1 Å². The lowest BCUT2D eigenvalue weighted by atomic mass is 10.0. The van der Waals surface area contributed by atoms with E-state index < -0.39 is 0 Å². The molecule has 1 atom stereocenters. The smallest absolute Gasteiger partial charge is 0.0361 e. The Bertz CT molecular complexity index is 360. The van der Waals surface area contributed by atoms with Crippen molar-refractivity contribution in [3.63, 3.8) is 0 Å². The molecule has 0 aliphatic rings. The monoisotopic (exact) mass is 230 g/mol. The van der Waals surface area contributed by atoms with Crippen LogP contribution in [0.4, 0.5) is 5.69 Å². The van der Waals surface area contributed by atoms with E-state index in [0.29, 0.717) is 6.04 Å². The molecule has 0 heterocycles. The molecule has 92 valence electrons. The highest BCUT2D eigenvalue weighted by atomic mass is 15.1. The molecular weight excluding hydrogens is 208 g/mol. The number of nitrogens with one attached hydrogen (secondary N) is 1. The number of unbranched alkanes of at least 4 members (excludes halogenated alkanes) is 1. The summed E-state index contributed by atoms with van der Waals surface area (Å²) in [6.07, 6.45) is 8.28. The summed E-state index contributed by atoms with van der Waals surface area (Å²) in [7, 11) is 6.11. The molecule has 0 bridgehead atoms. The molecule has 0 fully saturated rings. The first kappa shape index (κ1) is 13.6. The minimum atomic E-state index is 0.402. The molecule has 1 rings (SSSR count). The van der Waals surface area contributed by atoms with Crippen LogP contribution in [0.2, 0.25) is 0 Å². The van der Waals surface area contributed by atoms with Gasteiger partial charge in [0.15, 0.2) is 0 Å². The van der Waals surface area contributed by atoms with Gasteiger partial charge in [-0.05, 0) is 37.6 Å². The summed E-state index contributed by atoms with van der Waals surface area (Å²) >= 11 is 0. The summed E-state index contributed by atoms with van der Waals surface area (Å²) in [5.74, 6) is 2.69. The lowest BCUT2D eigenvalue weighted by molar-refractivity contribution is 0.532. The molecule has 1 aromatic rings. The molecule has 0 saturated carbocycles. The van der Waals surface area contributed by atoms with Crippen molar-refractivity contribution in [2.75, 3.05) is 26.0 Å². The van der Waals surface area contributed by atoms with Crippen molar-refractivity contribution < 1.29 is 0 Å². The fourth-order valence-electron chi connectivity index (χ4n) is 1.89. The Morgan fingerprint density at radius 2 is 1.94 bits per heavy atom. The number of terminal acetylenes is 1. The number of anilines is 1. The van der Waals surface area contributed by atoms with Crippen LogP contribution in [0, 0.1) is 12.3 Å². The summed E-state index contributed by atoms with van der Waals surface area (Å²) < 4.78 is 0. The van der Waals surface area contributed by atoms with Crippen LogP contribution >= 0.6 is 0 Å². The van der Waals surface area contributed by atoms with Gasteiger partial charge < -0.3 is 10.2 Å². The zero-order valence-corrected chi connectivity index (χ0v) is 11.0. The first-order valence-corrected chi connectivity index (χ1v) is 6.07. The molecule has 2 heteroatoms. The Kier molecular flexibility index (Phi) is 5.59. The number of nitrogens with zero attached hydrogens (tertiary/aromatic N) is 1. The number of hydrogen-bond donors (Lipinski definition) is 1. The molecule has 0 aromatic heterocycles. The maximum absolute atomic E-state index is 5.27. The second-order valence-electron chi connectivity index (χ2n) is 4.42. The SMILES string of the molecule is C#CCCCC(NC)c1ccc(N(C)C)cc1. The van der Waals surface area contributed by atoms with Crippen LogP contribution in [0.1, 0.15) is 30.9 Å². The Labute approximate surface area is 105 Å². The summed E-state index contributed by atoms with van der Waals surface area (Å²) in [4.78, 5) is 2.11. The van der Waals surface area contributed by atoms with Gasteiger partial charge in [0.05, 0.1) is 0 Å². The van der Waals surface area contributed by atoms with E-state index in [0.717, 1.165) is 19.3 Å². The van der Waals surface area contributed by atoms with E-state index in [2.05, 4.69) is 54.5 Å². The van der Waals surface area contributed by atoms with Gasteiger partial charge in [-0.25, -0.2) is 0 Å². The standard InChI is InChI=1S/C15H22N2/c1-5-6-7-8-15(16-2)13-9-11-14(12-10-13)17(3)4/h1,9-12,15-16H,6-8H2,2-4H3. The molecule has 17 heavy (non-hydrogen) atoms. The Morgan fingerprint density at radius 1 is 1.29 bits per heavy atom. The quantitative estimate of drug-likeness (QED) is 0.597. The fraction of sp³-hybridized carbons (Fsp3) is 0.467. The van der Waals surface area contributed by atoms with E-state index in [4.69, 9.17) is 6.42 Å². The highest BCUT2D eigenvalue weighted by Crippen LogP contribution is 2.21. The summed E-state index contributed by atoms with van der Waals surface area (Å²) in [5.41, 5.74) is 2.56. The van der Waals surface area contributed by atoms with Crippen LogP contribution in [0.3, 0.4) is 0 Å². The molecule has 0 spiro atoms. The van der Waals surface area contributed by atoms with E-state index in [1.165, 1.54) is 11.3 Å². The van der Waals surface area contributed by atoms with E-state index >= 15 is 0 Å². The van der Waals surface area contributed by atoms with Crippen LogP contribution < -0.4 is 10.2 Å². The van der Waals surface area contributed by atoms with Crippen molar-refractivity contribution in [2.45, 2.75) is 25.3 Å². The highest BCUT2D eigenvalue weighted by molar-refractivity contribution is 5.46. The molecule has 1 aromatic carbocycles. The van der Waals surface area contributed by atoms with Gasteiger partial charge in [0, 0.05) is 32.2 Å². The van der Waals surface area contributed by atoms with Crippen LogP contribution in [-0.2, 0) is 0 Å². The third-order valence-corrected chi connectivity index (χ3v) is 2.97. The largest absolute Gasteiger partial charge is 0.378 e. The van der Waals surface area contributed by atoms with Crippen LogP contribution in [0.25, 0.3) is 0 Å². The van der Waals surface area contributed by atoms with Crippen LogP contribution in [0.15, 0.2) is 24.3 Å². The highest BCUT2D eigenvalue weighted by Gasteiger charge is 2.08. The fourth-order valence-corrected chi connectivity index (χ4v) is 1.89. The summed E-state index contributed by atoms with van der Waals surface area (Å²) in [6.45, 7) is 0. The molecule has 0 radical (unpaired) electrons. The summed E-state index contributed by atoms with van der Waals surface area (Å²) in [6, 6.07) is 9.08. The third-order valence-electron chi connectivity index (χ3n) is 2.97. The van der Waals surface area contributed by atoms with Gasteiger partial charge in [-0.1, -0.05) is 12.1 Å². The van der Waals surface area contributed by atoms with Crippen molar-refractivity contribution >= 4 is 5.69 Å². The molecule has 0 aliphatic carbocycles. The molecule has 1 unspecified atom stereocenters. The molecule has 2 nitrogen and oxygen atoms in total. The number of benzene rings is 1. The lowest BCUT2D eigenvalue weighted by Crippen LogP contribution is -2.16. The van der Waals surface area contributed by atoms with Gasteiger partial charge >= 0.3 is 0 Å². The van der Waals surface area contributed by atoms with Crippen molar-refractivity contribution in [1.82, 2.24) is 5.32 Å². The molecule has 1 N–H and O–H groups in total. The topological polar surface area (TPSA) is 15.3 Å². The van der Waals surface area contributed by atoms with E-state index in [1.54, 1.807) is 0 Å². The Hall–Kier alpha value is -1.46. The number of rotatable bonds is 6. The third kappa shape index (κ3) is 4.13. The van der Waals surface area contributed by atoms with Crippen molar-refractivity contribution in [1.29, 1.82) is 0 Å².